The molecule has 6 nitrogen and oxygen atoms in total. The van der Waals surface area contributed by atoms with E-state index in [0.29, 0.717) is 19.3 Å². The molecule has 0 aromatic carbocycles. The largest absolute Gasteiger partial charge is 0.469 e. The first-order valence-corrected chi connectivity index (χ1v) is 9.35. The Labute approximate surface area is 116 Å². The fourth-order valence-electron chi connectivity index (χ4n) is 2.18. The van der Waals surface area contributed by atoms with E-state index >= 15 is 0 Å². The van der Waals surface area contributed by atoms with E-state index < -0.39 is 38.0 Å². The smallest absolute Gasteiger partial charge is 0.310 e. The van der Waals surface area contributed by atoms with E-state index in [0.717, 1.165) is 0 Å². The summed E-state index contributed by atoms with van der Waals surface area (Å²) in [4.78, 5) is 11.6. The van der Waals surface area contributed by atoms with Gasteiger partial charge in [0, 0.05) is 28.9 Å². The molecule has 0 heterocycles. The van der Waals surface area contributed by atoms with Gasteiger partial charge >= 0.3 is 5.97 Å². The number of hydrogen-bond donors (Lipinski definition) is 1. The molecule has 19 heavy (non-hydrogen) atoms. The highest BCUT2D eigenvalue weighted by Crippen LogP contribution is 2.31. The maximum atomic E-state index is 12.2. The summed E-state index contributed by atoms with van der Waals surface area (Å²) in [5, 5.41) is -0.995. The molecule has 0 spiro atoms. The predicted molar refractivity (Wildman–Crippen MR) is 73.6 cm³/mol. The lowest BCUT2D eigenvalue weighted by Gasteiger charge is -2.19. The van der Waals surface area contributed by atoms with Crippen molar-refractivity contribution in [2.24, 2.45) is 5.92 Å². The minimum Gasteiger partial charge on any atom is -0.469 e. The Kier molecular flexibility index (Phi) is 5.94. The van der Waals surface area contributed by atoms with E-state index in [4.69, 9.17) is 0 Å². The molecular formula is C11H21NO5S2. The molecule has 0 amide bonds. The molecule has 0 aliphatic heterocycles. The summed E-state index contributed by atoms with van der Waals surface area (Å²) in [6, 6.07) is 0. The van der Waals surface area contributed by atoms with Crippen LogP contribution in [0, 0.1) is 5.92 Å². The normalized spacial score (nSPS) is 26.9. The second kappa shape index (κ2) is 6.81. The van der Waals surface area contributed by atoms with Crippen LogP contribution in [0.1, 0.15) is 26.2 Å². The molecule has 1 aliphatic carbocycles. The number of esters is 1. The number of carbonyl (C=O) groups excluding carboxylic acids is 1. The van der Waals surface area contributed by atoms with Crippen molar-refractivity contribution < 1.29 is 22.2 Å². The number of carbonyl (C=O) groups is 1. The molecule has 4 atom stereocenters. The molecule has 1 saturated carbocycles. The van der Waals surface area contributed by atoms with E-state index in [1.54, 1.807) is 6.92 Å². The number of sulfonamides is 1. The average Bonchev–Trinajstić information content (AvgIpc) is 2.84. The number of hydrogen-bond acceptors (Lipinski definition) is 5. The van der Waals surface area contributed by atoms with E-state index in [9.17, 15) is 17.4 Å². The number of ether oxygens (including phenoxy) is 1. The third kappa shape index (κ3) is 4.25. The molecule has 0 aromatic heterocycles. The van der Waals surface area contributed by atoms with Crippen LogP contribution in [-0.2, 0) is 30.4 Å². The maximum Gasteiger partial charge on any atom is 0.310 e. The molecule has 1 aliphatic rings. The fraction of sp³-hybridized carbons (Fsp3) is 0.909. The van der Waals surface area contributed by atoms with Gasteiger partial charge in [-0.2, -0.15) is 0 Å². The third-order valence-corrected chi connectivity index (χ3v) is 6.72. The van der Waals surface area contributed by atoms with E-state index in [1.807, 2.05) is 0 Å². The van der Waals surface area contributed by atoms with Crippen molar-refractivity contribution in [1.29, 1.82) is 0 Å². The van der Waals surface area contributed by atoms with Crippen molar-refractivity contribution in [3.05, 3.63) is 0 Å². The van der Waals surface area contributed by atoms with Gasteiger partial charge in [0.1, 0.15) is 0 Å². The van der Waals surface area contributed by atoms with Crippen LogP contribution in [0.5, 0.6) is 0 Å². The summed E-state index contributed by atoms with van der Waals surface area (Å²) in [6.45, 7) is 1.83. The van der Waals surface area contributed by atoms with Crippen LogP contribution in [0.2, 0.25) is 0 Å². The van der Waals surface area contributed by atoms with Gasteiger partial charge < -0.3 is 4.74 Å². The van der Waals surface area contributed by atoms with Crippen LogP contribution in [0.3, 0.4) is 0 Å². The number of nitrogens with one attached hydrogen (secondary N) is 1. The Morgan fingerprint density at radius 2 is 2.11 bits per heavy atom. The predicted octanol–water partition coefficient (Wildman–Crippen LogP) is 0.0145. The number of methoxy groups -OCH3 is 1. The highest BCUT2D eigenvalue weighted by molar-refractivity contribution is 7.90. The molecule has 1 rings (SSSR count). The van der Waals surface area contributed by atoms with Gasteiger partial charge in [-0.05, 0) is 19.8 Å². The van der Waals surface area contributed by atoms with Gasteiger partial charge in [0.2, 0.25) is 10.0 Å². The van der Waals surface area contributed by atoms with E-state index in [2.05, 4.69) is 9.46 Å². The van der Waals surface area contributed by atoms with Gasteiger partial charge in [-0.25, -0.2) is 13.1 Å². The van der Waals surface area contributed by atoms with Crippen molar-refractivity contribution >= 4 is 26.8 Å². The highest BCUT2D eigenvalue weighted by Gasteiger charge is 2.42. The number of rotatable bonds is 6. The molecule has 0 bridgehead atoms. The molecular weight excluding hydrogens is 290 g/mol. The van der Waals surface area contributed by atoms with Gasteiger partial charge in [-0.15, -0.1) is 0 Å². The van der Waals surface area contributed by atoms with Crippen molar-refractivity contribution in [1.82, 2.24) is 4.72 Å². The molecule has 0 radical (unpaired) electrons. The quantitative estimate of drug-likeness (QED) is 0.698. The van der Waals surface area contributed by atoms with Crippen LogP contribution in [0.25, 0.3) is 0 Å². The second-order valence-electron chi connectivity index (χ2n) is 4.80. The first-order chi connectivity index (χ1) is 8.79. The maximum absolute atomic E-state index is 12.2. The van der Waals surface area contributed by atoms with Crippen molar-refractivity contribution in [2.45, 2.75) is 36.7 Å². The molecule has 1 fully saturated rings. The summed E-state index contributed by atoms with van der Waals surface area (Å²) in [5.74, 6) is -1.06. The van der Waals surface area contributed by atoms with Crippen molar-refractivity contribution in [3.8, 4) is 0 Å². The van der Waals surface area contributed by atoms with E-state index in [-0.39, 0.29) is 11.8 Å². The second-order valence-corrected chi connectivity index (χ2v) is 8.59. The van der Waals surface area contributed by atoms with Gasteiger partial charge in [-0.1, -0.05) is 6.42 Å². The zero-order chi connectivity index (χ0) is 14.6. The Morgan fingerprint density at radius 3 is 2.63 bits per heavy atom. The summed E-state index contributed by atoms with van der Waals surface area (Å²) < 4.78 is 42.7. The first-order valence-electron chi connectivity index (χ1n) is 6.18. The summed E-state index contributed by atoms with van der Waals surface area (Å²) in [5.41, 5.74) is 0. The fourth-order valence-corrected chi connectivity index (χ4v) is 4.45. The zero-order valence-electron chi connectivity index (χ0n) is 11.4. The summed E-state index contributed by atoms with van der Waals surface area (Å²) in [6.07, 6.45) is 3.22. The van der Waals surface area contributed by atoms with Gasteiger partial charge in [0.25, 0.3) is 0 Å². The van der Waals surface area contributed by atoms with Gasteiger partial charge in [-0.3, -0.25) is 9.00 Å². The summed E-state index contributed by atoms with van der Waals surface area (Å²) in [7, 11) is -3.40. The Balaban J connectivity index is 2.71. The van der Waals surface area contributed by atoms with Crippen molar-refractivity contribution in [2.75, 3.05) is 19.9 Å². The van der Waals surface area contributed by atoms with E-state index in [1.165, 1.54) is 13.4 Å². The van der Waals surface area contributed by atoms with Gasteiger partial charge in [0.15, 0.2) is 0 Å². The molecule has 0 aromatic rings. The lowest BCUT2D eigenvalue weighted by atomic mass is 10.1. The summed E-state index contributed by atoms with van der Waals surface area (Å²) >= 11 is 0. The minimum atomic E-state index is -3.58. The Bertz CT molecular complexity index is 448. The third-order valence-electron chi connectivity index (χ3n) is 3.49. The highest BCUT2D eigenvalue weighted by atomic mass is 32.2. The Hall–Kier alpha value is -0.470. The average molecular weight is 311 g/mol. The topological polar surface area (TPSA) is 89.5 Å². The lowest BCUT2D eigenvalue weighted by Crippen LogP contribution is -2.42. The SMILES string of the molecule is COC(=O)C1CCCC1S(=O)(=O)NCC(C)S(C)=O. The molecule has 112 valence electrons. The van der Waals surface area contributed by atoms with Crippen LogP contribution < -0.4 is 4.72 Å². The van der Waals surface area contributed by atoms with Crippen LogP contribution in [-0.4, -0.2) is 49.0 Å². The standard InChI is InChI=1S/C11H21NO5S2/c1-8(18(3)14)7-12-19(15,16)10-6-4-5-9(10)11(13)17-2/h8-10,12H,4-7H2,1-3H3. The van der Waals surface area contributed by atoms with Crippen LogP contribution in [0.4, 0.5) is 0 Å². The van der Waals surface area contributed by atoms with Gasteiger partial charge in [0.05, 0.1) is 18.3 Å². The van der Waals surface area contributed by atoms with Crippen LogP contribution >= 0.6 is 0 Å². The lowest BCUT2D eigenvalue weighted by molar-refractivity contribution is -0.145. The molecule has 4 unspecified atom stereocenters. The van der Waals surface area contributed by atoms with Crippen LogP contribution in [0.15, 0.2) is 0 Å². The molecule has 1 N–H and O–H groups in total. The minimum absolute atomic E-state index is 0.121. The molecule has 0 saturated heterocycles. The molecule has 8 heteroatoms. The first kappa shape index (κ1) is 16.6. The Morgan fingerprint density at radius 1 is 1.47 bits per heavy atom. The van der Waals surface area contributed by atoms with Crippen molar-refractivity contribution in [3.63, 3.8) is 0 Å². The zero-order valence-corrected chi connectivity index (χ0v) is 13.1. The monoisotopic (exact) mass is 311 g/mol.